The number of aliphatic hydroxyl groups is 7. The Balaban J connectivity index is 0.0000115. The van der Waals surface area contributed by atoms with Gasteiger partial charge >= 0.3 is 29.6 Å². The number of rotatable bonds is 16. The molecule has 15 N–H and O–H groups in total. The van der Waals surface area contributed by atoms with Crippen molar-refractivity contribution in [3.63, 3.8) is 0 Å². The van der Waals surface area contributed by atoms with Gasteiger partial charge in [0, 0.05) is 81.9 Å². The molecule has 30 nitrogen and oxygen atoms in total. The van der Waals surface area contributed by atoms with E-state index in [4.69, 9.17) is 9.92 Å². The standard InChI is InChI=1S/C58H84N10O20S.Na/c1-29-27-68-48(49(29)75)56(82)60-26-37(70)23-39(61-52(78)33-10-15-36(16-11-33)66-20-18-65(19-21-66)35-13-8-32(9-14-35)31-6-4-3-5-7-31)53(79)62-45(30(2)69)57(83)67-28-38(71)24-40(67)54(80)64-47(55(81)63-46(58(68)84)42(73)25-44(59)74)51(77)50(76)34-12-17-41(72)43(22-34)86-89-88-87-85;/h10-12,15-17,22,29-32,35,37-40,42,45-51,69-73,75-77,85H,3-9,13-14,18-21,23-28H2,1-2H3,(H2,59,74)(H,60,82)(H,61,78)(H,62,79)(H,63,81)(H,64,80);/q;+1/p-1/t29?,30?,32?,35?,37?,38?,39-,40?,42?,45?,46?,47?,48?,49?,50?,51?;/m0./s1. The van der Waals surface area contributed by atoms with E-state index in [0.29, 0.717) is 6.04 Å². The van der Waals surface area contributed by atoms with Crippen molar-refractivity contribution in [2.24, 2.45) is 23.5 Å². The van der Waals surface area contributed by atoms with E-state index in [2.05, 4.69) is 45.8 Å². The maximum Gasteiger partial charge on any atom is 1.00 e. The summed E-state index contributed by atoms with van der Waals surface area (Å²) >= 11 is -0.0760. The Morgan fingerprint density at radius 1 is 0.756 bits per heavy atom. The third-order valence-corrected chi connectivity index (χ3v) is 18.7. The minimum Gasteiger partial charge on any atom is -0.691 e. The number of nitrogens with two attached hydrogens (primary N) is 1. The van der Waals surface area contributed by atoms with E-state index < -0.39 is 183 Å². The van der Waals surface area contributed by atoms with Gasteiger partial charge in [-0.1, -0.05) is 45.1 Å². The van der Waals surface area contributed by atoms with Crippen LogP contribution in [0.3, 0.4) is 0 Å². The zero-order chi connectivity index (χ0) is 64.4. The van der Waals surface area contributed by atoms with Crippen LogP contribution < -0.4 is 76.2 Å². The largest absolute Gasteiger partial charge is 1.00 e. The summed E-state index contributed by atoms with van der Waals surface area (Å²) in [5.41, 5.74) is 6.00. The number of anilines is 1. The molecule has 32 heteroatoms. The van der Waals surface area contributed by atoms with Crippen LogP contribution in [0.2, 0.25) is 0 Å². The molecule has 2 aromatic carbocycles. The Hall–Kier alpha value is -5.49. The molecule has 13 unspecified atom stereocenters. The van der Waals surface area contributed by atoms with Gasteiger partial charge in [-0.15, -0.1) is 4.33 Å². The Bertz CT molecular complexity index is 2810. The Morgan fingerprint density at radius 3 is 2.03 bits per heavy atom. The molecule has 6 aliphatic rings. The smallest absolute Gasteiger partial charge is 0.691 e. The number of nitrogens with one attached hydrogen (secondary N) is 5. The van der Waals surface area contributed by atoms with Gasteiger partial charge in [-0.05, 0) is 86.4 Å². The summed E-state index contributed by atoms with van der Waals surface area (Å²) < 4.78 is 9.07. The van der Waals surface area contributed by atoms with Crippen molar-refractivity contribution in [2.45, 2.75) is 176 Å². The van der Waals surface area contributed by atoms with Crippen LogP contribution >= 0.6 is 12.3 Å². The first-order valence-electron chi connectivity index (χ1n) is 30.3. The number of phenolic OH excluding ortho intramolecular Hbond substituents is 1. The number of hydrogen-bond acceptors (Lipinski definition) is 23. The van der Waals surface area contributed by atoms with Crippen LogP contribution in [0.25, 0.3) is 0 Å². The third kappa shape index (κ3) is 17.8. The van der Waals surface area contributed by atoms with Crippen LogP contribution in [0.15, 0.2) is 42.5 Å². The van der Waals surface area contributed by atoms with Gasteiger partial charge in [0.05, 0.1) is 36.9 Å². The van der Waals surface area contributed by atoms with Crippen LogP contribution in [0.4, 0.5) is 5.69 Å². The summed E-state index contributed by atoms with van der Waals surface area (Å²) in [6, 6.07) is -1.98. The van der Waals surface area contributed by atoms with Crippen molar-refractivity contribution in [1.82, 2.24) is 41.3 Å². The monoisotopic (exact) mass is 1290 g/mol. The van der Waals surface area contributed by atoms with Gasteiger partial charge < -0.3 is 97.3 Å². The molecular formula is C58H83N10NaO20S. The third-order valence-electron chi connectivity index (χ3n) is 18.3. The Morgan fingerprint density at radius 2 is 1.39 bits per heavy atom. The van der Waals surface area contributed by atoms with E-state index in [-0.39, 0.29) is 53.0 Å². The number of carbonyl (C=O) groups is 8. The van der Waals surface area contributed by atoms with E-state index >= 15 is 0 Å². The zero-order valence-electron chi connectivity index (χ0n) is 50.5. The van der Waals surface area contributed by atoms with Crippen molar-refractivity contribution >= 4 is 65.3 Å². The summed E-state index contributed by atoms with van der Waals surface area (Å²) in [5, 5.41) is 116. The average molecular weight is 1300 g/mol. The minimum absolute atomic E-state index is 0. The van der Waals surface area contributed by atoms with Gasteiger partial charge in [0.1, 0.15) is 48.5 Å². The SMILES string of the molecule is CC(O)C1NC(=O)[C@@H](NC(=O)c2ccc(N3CCN(C4CCC(C5CCCCC5)CC4)CC3)cc2)CC(O)CNC(=O)C2C(O)C(C)CN2C(=O)C(C(O)CC(N)=O)NC(=O)C(C(O)C(O)c2ccc(O)c(OSOO[O-])c2)NC(=O)C2CC(O)CN2C1=O.[Na+]. The summed E-state index contributed by atoms with van der Waals surface area (Å²) in [6.45, 7) is 4.12. The maximum absolute atomic E-state index is 14.7. The van der Waals surface area contributed by atoms with Gasteiger partial charge in [-0.25, -0.2) is 0 Å². The first kappa shape index (κ1) is 71.9. The number of fused-ring (bicyclic) bond motifs is 2. The number of aromatic hydroxyl groups is 1. The normalized spacial score (nSPS) is 30.4. The fourth-order valence-electron chi connectivity index (χ4n) is 13.4. The molecule has 90 heavy (non-hydrogen) atoms. The molecule has 6 fully saturated rings. The van der Waals surface area contributed by atoms with E-state index in [1.165, 1.54) is 64.7 Å². The zero-order valence-corrected chi connectivity index (χ0v) is 53.4. The topological polar surface area (TPSA) is 448 Å². The number of amides is 8. The van der Waals surface area contributed by atoms with Crippen molar-refractivity contribution in [3.8, 4) is 11.5 Å². The molecule has 0 radical (unpaired) electrons. The average Bonchev–Trinajstić information content (AvgIpc) is 1.71. The predicted molar refractivity (Wildman–Crippen MR) is 311 cm³/mol. The number of hydrogen-bond donors (Lipinski definition) is 14. The van der Waals surface area contributed by atoms with Crippen LogP contribution in [-0.4, -0.2) is 228 Å². The molecule has 4 aliphatic heterocycles. The van der Waals surface area contributed by atoms with E-state index in [9.17, 15) is 84.5 Å². The Kier molecular flexibility index (Phi) is 26.3. The quantitative estimate of drug-likeness (QED) is 0.0244. The van der Waals surface area contributed by atoms with Crippen molar-refractivity contribution in [1.29, 1.82) is 0 Å². The summed E-state index contributed by atoms with van der Waals surface area (Å²) in [6.07, 6.45) is -4.18. The van der Waals surface area contributed by atoms with Crippen molar-refractivity contribution in [3.05, 3.63) is 53.6 Å². The number of piperazine rings is 1. The molecule has 0 spiro atoms. The molecule has 0 bridgehead atoms. The second-order valence-corrected chi connectivity index (χ2v) is 24.8. The van der Waals surface area contributed by atoms with Crippen molar-refractivity contribution < 1.29 is 128 Å². The number of phenols is 1. The first-order valence-corrected chi connectivity index (χ1v) is 31.0. The molecule has 2 saturated carbocycles. The van der Waals surface area contributed by atoms with Gasteiger partial charge in [0.2, 0.25) is 41.4 Å². The van der Waals surface area contributed by atoms with Gasteiger partial charge in [-0.3, -0.25) is 48.3 Å². The second kappa shape index (κ2) is 32.9. The van der Waals surface area contributed by atoms with Crippen molar-refractivity contribution in [2.75, 3.05) is 50.7 Å². The fraction of sp³-hybridized carbons (Fsp3) is 0.655. The number of primary amides is 1. The molecule has 8 amide bonds. The van der Waals surface area contributed by atoms with E-state index in [0.717, 1.165) is 78.6 Å². The molecule has 2 aliphatic carbocycles. The molecular weight excluding hydrogens is 1210 g/mol. The van der Waals surface area contributed by atoms with E-state index in [1.807, 2.05) is 0 Å². The molecule has 4 heterocycles. The molecule has 4 saturated heterocycles. The van der Waals surface area contributed by atoms with Gasteiger partial charge in [-0.2, -0.15) is 0 Å². The number of β-amino-alcohol motifs (C(OH)–C–C–N with tert-alkyl or cyclic N) is 1. The summed E-state index contributed by atoms with van der Waals surface area (Å²) in [7, 11) is 0. The first-order chi connectivity index (χ1) is 42.4. The number of carbonyl (C=O) groups excluding carboxylic acids is 8. The maximum atomic E-state index is 14.7. The van der Waals surface area contributed by atoms with Gasteiger partial charge in [0.15, 0.2) is 11.5 Å². The van der Waals surface area contributed by atoms with E-state index in [1.54, 1.807) is 24.3 Å². The molecule has 14 atom stereocenters. The summed E-state index contributed by atoms with van der Waals surface area (Å²) in [4.78, 5) is 120. The number of aliphatic hydroxyl groups excluding tert-OH is 7. The number of nitrogens with zero attached hydrogens (tertiary/aromatic N) is 4. The number of benzene rings is 2. The minimum atomic E-state index is -2.52. The van der Waals surface area contributed by atoms with Crippen LogP contribution in [0.1, 0.15) is 113 Å². The summed E-state index contributed by atoms with van der Waals surface area (Å²) in [5.74, 6) is -9.99. The Labute approximate surface area is 546 Å². The van der Waals surface area contributed by atoms with Crippen LogP contribution in [-0.2, 0) is 42.9 Å². The molecule has 0 aromatic heterocycles. The van der Waals surface area contributed by atoms with Crippen LogP contribution in [0.5, 0.6) is 11.5 Å². The molecule has 8 rings (SSSR count). The fourth-order valence-corrected chi connectivity index (χ4v) is 13.6. The second-order valence-electron chi connectivity index (χ2n) is 24.4. The molecule has 492 valence electrons. The van der Waals surface area contributed by atoms with Crippen LogP contribution in [0, 0.1) is 17.8 Å². The molecule has 2 aromatic rings. The predicted octanol–water partition coefficient (Wildman–Crippen LogP) is -6.86. The van der Waals surface area contributed by atoms with Gasteiger partial charge in [0.25, 0.3) is 18.2 Å².